The minimum atomic E-state index is -0.408. The second kappa shape index (κ2) is 5.00. The molecule has 0 atom stereocenters. The Balaban J connectivity index is 2.76. The maximum atomic E-state index is 11.3. The van der Waals surface area contributed by atoms with Gasteiger partial charge in [0.2, 0.25) is 0 Å². The molecule has 0 fully saturated rings. The second-order valence-electron chi connectivity index (χ2n) is 2.80. The Morgan fingerprint density at radius 1 is 1.57 bits per heavy atom. The first kappa shape index (κ1) is 11.0. The first-order valence-electron chi connectivity index (χ1n) is 4.30. The molecule has 76 valence electrons. The molecule has 0 amide bonds. The van der Waals surface area contributed by atoms with Crippen molar-refractivity contribution in [3.63, 3.8) is 0 Å². The Morgan fingerprint density at radius 3 is 2.86 bits per heavy atom. The van der Waals surface area contributed by atoms with Gasteiger partial charge in [0, 0.05) is 0 Å². The first-order valence-corrected chi connectivity index (χ1v) is 5.10. The standard InChI is InChI=1S/C10H11BrO3/c1-2-5-14-10(13)7-3-4-8(11)9(12)6-7/h3-4,6,12H,2,5H2,1H3. The van der Waals surface area contributed by atoms with E-state index in [1.54, 1.807) is 12.1 Å². The molecule has 4 heteroatoms. The average molecular weight is 259 g/mol. The van der Waals surface area contributed by atoms with Crippen LogP contribution in [0, 0.1) is 0 Å². The highest BCUT2D eigenvalue weighted by atomic mass is 79.9. The van der Waals surface area contributed by atoms with Crippen LogP contribution in [-0.2, 0) is 4.74 Å². The van der Waals surface area contributed by atoms with Crippen molar-refractivity contribution in [3.05, 3.63) is 28.2 Å². The summed E-state index contributed by atoms with van der Waals surface area (Å²) in [5.41, 5.74) is 0.360. The van der Waals surface area contributed by atoms with E-state index in [4.69, 9.17) is 4.74 Å². The Bertz CT molecular complexity index is 336. The summed E-state index contributed by atoms with van der Waals surface area (Å²) in [4.78, 5) is 11.3. The zero-order valence-corrected chi connectivity index (χ0v) is 9.37. The van der Waals surface area contributed by atoms with E-state index in [0.29, 0.717) is 16.6 Å². The molecule has 1 aromatic carbocycles. The summed E-state index contributed by atoms with van der Waals surface area (Å²) in [6.45, 7) is 2.32. The molecule has 1 rings (SSSR count). The van der Waals surface area contributed by atoms with Crippen molar-refractivity contribution >= 4 is 21.9 Å². The predicted octanol–water partition coefficient (Wildman–Crippen LogP) is 2.72. The van der Waals surface area contributed by atoms with Crippen LogP contribution in [-0.4, -0.2) is 17.7 Å². The first-order chi connectivity index (χ1) is 6.65. The lowest BCUT2D eigenvalue weighted by molar-refractivity contribution is 0.0504. The lowest BCUT2D eigenvalue weighted by atomic mass is 10.2. The van der Waals surface area contributed by atoms with Crippen LogP contribution in [0.5, 0.6) is 5.75 Å². The molecule has 1 N–H and O–H groups in total. The highest BCUT2D eigenvalue weighted by molar-refractivity contribution is 9.10. The van der Waals surface area contributed by atoms with Crippen LogP contribution in [0.2, 0.25) is 0 Å². The minimum absolute atomic E-state index is 0.0379. The molecule has 0 radical (unpaired) electrons. The van der Waals surface area contributed by atoms with Gasteiger partial charge in [-0.3, -0.25) is 0 Å². The van der Waals surface area contributed by atoms with E-state index in [1.165, 1.54) is 6.07 Å². The molecule has 0 aliphatic rings. The minimum Gasteiger partial charge on any atom is -0.507 e. The summed E-state index contributed by atoms with van der Waals surface area (Å²) in [5, 5.41) is 9.32. The molecule has 0 spiro atoms. The van der Waals surface area contributed by atoms with Crippen molar-refractivity contribution in [2.75, 3.05) is 6.61 Å². The SMILES string of the molecule is CCCOC(=O)c1ccc(Br)c(O)c1. The number of ether oxygens (including phenoxy) is 1. The number of rotatable bonds is 3. The average Bonchev–Trinajstić information content (AvgIpc) is 2.18. The van der Waals surface area contributed by atoms with E-state index in [1.807, 2.05) is 6.92 Å². The summed E-state index contributed by atoms with van der Waals surface area (Å²) in [5.74, 6) is -0.370. The summed E-state index contributed by atoms with van der Waals surface area (Å²) < 4.78 is 5.47. The van der Waals surface area contributed by atoms with Crippen LogP contribution in [0.1, 0.15) is 23.7 Å². The molecule has 0 heterocycles. The summed E-state index contributed by atoms with van der Waals surface area (Å²) >= 11 is 3.13. The smallest absolute Gasteiger partial charge is 0.338 e. The second-order valence-corrected chi connectivity index (χ2v) is 3.66. The molecular formula is C10H11BrO3. The number of phenols is 1. The van der Waals surface area contributed by atoms with Gasteiger partial charge in [-0.25, -0.2) is 4.79 Å². The molecule has 0 aliphatic heterocycles. The largest absolute Gasteiger partial charge is 0.507 e. The fourth-order valence-electron chi connectivity index (χ4n) is 0.918. The number of aromatic hydroxyl groups is 1. The fourth-order valence-corrected chi connectivity index (χ4v) is 1.16. The van der Waals surface area contributed by atoms with Crippen LogP contribution in [0.4, 0.5) is 0 Å². The highest BCUT2D eigenvalue weighted by Gasteiger charge is 2.08. The zero-order valence-electron chi connectivity index (χ0n) is 7.79. The number of halogens is 1. The van der Waals surface area contributed by atoms with Gasteiger partial charge in [0.15, 0.2) is 0 Å². The normalized spacial score (nSPS) is 9.86. The Hall–Kier alpha value is -1.03. The van der Waals surface area contributed by atoms with E-state index < -0.39 is 5.97 Å². The van der Waals surface area contributed by atoms with Gasteiger partial charge in [-0.1, -0.05) is 6.92 Å². The topological polar surface area (TPSA) is 46.5 Å². The summed E-state index contributed by atoms with van der Waals surface area (Å²) in [7, 11) is 0. The number of hydrogen-bond donors (Lipinski definition) is 1. The molecular weight excluding hydrogens is 248 g/mol. The predicted molar refractivity (Wildman–Crippen MR) is 56.4 cm³/mol. The third kappa shape index (κ3) is 2.73. The van der Waals surface area contributed by atoms with Gasteiger partial charge in [-0.05, 0) is 40.5 Å². The monoisotopic (exact) mass is 258 g/mol. The van der Waals surface area contributed by atoms with E-state index in [-0.39, 0.29) is 5.75 Å². The van der Waals surface area contributed by atoms with Gasteiger partial charge < -0.3 is 9.84 Å². The number of esters is 1. The molecule has 0 aromatic heterocycles. The maximum absolute atomic E-state index is 11.3. The van der Waals surface area contributed by atoms with Crippen molar-refractivity contribution in [2.45, 2.75) is 13.3 Å². The molecule has 14 heavy (non-hydrogen) atoms. The van der Waals surface area contributed by atoms with Gasteiger partial charge in [-0.2, -0.15) is 0 Å². The van der Waals surface area contributed by atoms with Crippen LogP contribution in [0.3, 0.4) is 0 Å². The molecule has 0 unspecified atom stereocenters. The highest BCUT2D eigenvalue weighted by Crippen LogP contribution is 2.24. The lowest BCUT2D eigenvalue weighted by Crippen LogP contribution is -2.05. The number of carbonyl (C=O) groups excluding carboxylic acids is 1. The zero-order chi connectivity index (χ0) is 10.6. The van der Waals surface area contributed by atoms with E-state index in [0.717, 1.165) is 6.42 Å². The third-order valence-corrected chi connectivity index (χ3v) is 2.29. The van der Waals surface area contributed by atoms with Crippen LogP contribution in [0.25, 0.3) is 0 Å². The van der Waals surface area contributed by atoms with Gasteiger partial charge in [0.1, 0.15) is 5.75 Å². The van der Waals surface area contributed by atoms with Crippen molar-refractivity contribution in [1.82, 2.24) is 0 Å². The molecule has 0 saturated carbocycles. The van der Waals surface area contributed by atoms with Crippen molar-refractivity contribution in [3.8, 4) is 5.75 Å². The number of carbonyl (C=O) groups is 1. The van der Waals surface area contributed by atoms with E-state index in [2.05, 4.69) is 15.9 Å². The number of hydrogen-bond acceptors (Lipinski definition) is 3. The van der Waals surface area contributed by atoms with Gasteiger partial charge in [0.05, 0.1) is 16.6 Å². The summed E-state index contributed by atoms with van der Waals surface area (Å²) in [6.07, 6.45) is 0.786. The Morgan fingerprint density at radius 2 is 2.29 bits per heavy atom. The van der Waals surface area contributed by atoms with Crippen LogP contribution in [0.15, 0.2) is 22.7 Å². The van der Waals surface area contributed by atoms with E-state index in [9.17, 15) is 9.90 Å². The summed E-state index contributed by atoms with van der Waals surface area (Å²) in [6, 6.07) is 4.59. The Kier molecular flexibility index (Phi) is 3.95. The molecule has 3 nitrogen and oxygen atoms in total. The lowest BCUT2D eigenvalue weighted by Gasteiger charge is -2.03. The fraction of sp³-hybridized carbons (Fsp3) is 0.300. The van der Waals surface area contributed by atoms with Gasteiger partial charge >= 0.3 is 5.97 Å². The molecule has 0 aliphatic carbocycles. The van der Waals surface area contributed by atoms with Crippen molar-refractivity contribution in [1.29, 1.82) is 0 Å². The maximum Gasteiger partial charge on any atom is 0.338 e. The Labute approximate surface area is 90.8 Å². The van der Waals surface area contributed by atoms with Gasteiger partial charge in [-0.15, -0.1) is 0 Å². The quantitative estimate of drug-likeness (QED) is 0.849. The number of phenolic OH excluding ortho intramolecular Hbond substituents is 1. The molecule has 0 saturated heterocycles. The molecule has 1 aromatic rings. The van der Waals surface area contributed by atoms with Crippen LogP contribution >= 0.6 is 15.9 Å². The van der Waals surface area contributed by atoms with Crippen molar-refractivity contribution < 1.29 is 14.6 Å². The number of benzene rings is 1. The van der Waals surface area contributed by atoms with Crippen molar-refractivity contribution in [2.24, 2.45) is 0 Å². The van der Waals surface area contributed by atoms with Gasteiger partial charge in [0.25, 0.3) is 0 Å². The molecule has 0 bridgehead atoms. The van der Waals surface area contributed by atoms with E-state index >= 15 is 0 Å². The third-order valence-electron chi connectivity index (χ3n) is 1.62. The van der Waals surface area contributed by atoms with Crippen LogP contribution < -0.4 is 0 Å².